The SMILES string of the molecule is CSc1ncc(C#N)c(Nc2cc(Cl)cc(Cl)c2)n1. The minimum atomic E-state index is 0.355. The fourth-order valence-electron chi connectivity index (χ4n) is 1.40. The number of benzene rings is 1. The largest absolute Gasteiger partial charge is 0.339 e. The molecule has 0 aliphatic heterocycles. The number of nitrogens with zero attached hydrogens (tertiary/aromatic N) is 3. The number of hydrogen-bond acceptors (Lipinski definition) is 5. The minimum Gasteiger partial charge on any atom is -0.339 e. The molecule has 2 aromatic rings. The Labute approximate surface area is 124 Å². The van der Waals surface area contributed by atoms with E-state index < -0.39 is 0 Å². The van der Waals surface area contributed by atoms with Gasteiger partial charge in [0.1, 0.15) is 11.6 Å². The average Bonchev–Trinajstić information content (AvgIpc) is 2.37. The third-order valence-corrected chi connectivity index (χ3v) is 3.19. The molecule has 0 fully saturated rings. The molecule has 7 heteroatoms. The van der Waals surface area contributed by atoms with Gasteiger partial charge < -0.3 is 5.32 Å². The maximum absolute atomic E-state index is 9.04. The van der Waals surface area contributed by atoms with Gasteiger partial charge in [-0.15, -0.1) is 0 Å². The molecule has 0 unspecified atom stereocenters. The zero-order valence-electron chi connectivity index (χ0n) is 9.82. The molecule has 0 saturated carbocycles. The summed E-state index contributed by atoms with van der Waals surface area (Å²) in [7, 11) is 0. The molecule has 0 aliphatic rings. The molecule has 4 nitrogen and oxygen atoms in total. The molecule has 2 rings (SSSR count). The van der Waals surface area contributed by atoms with E-state index >= 15 is 0 Å². The molecule has 0 spiro atoms. The van der Waals surface area contributed by atoms with Crippen molar-refractivity contribution in [2.24, 2.45) is 0 Å². The Hall–Kier alpha value is -1.48. The van der Waals surface area contributed by atoms with Crippen LogP contribution >= 0.6 is 35.0 Å². The second-order valence-corrected chi connectivity index (χ2v) is 5.16. The maximum Gasteiger partial charge on any atom is 0.189 e. The summed E-state index contributed by atoms with van der Waals surface area (Å²) in [6, 6.07) is 7.07. The summed E-state index contributed by atoms with van der Waals surface area (Å²) >= 11 is 13.2. The average molecular weight is 311 g/mol. The lowest BCUT2D eigenvalue weighted by atomic mass is 10.3. The van der Waals surface area contributed by atoms with Gasteiger partial charge in [0.25, 0.3) is 0 Å². The molecule has 96 valence electrons. The van der Waals surface area contributed by atoms with Crippen LogP contribution < -0.4 is 5.32 Å². The standard InChI is InChI=1S/C12H8Cl2N4S/c1-19-12-16-6-7(5-15)11(18-12)17-10-3-8(13)2-9(14)4-10/h2-4,6H,1H3,(H,16,17,18). The lowest BCUT2D eigenvalue weighted by molar-refractivity contribution is 0.969. The summed E-state index contributed by atoms with van der Waals surface area (Å²) in [5.41, 5.74) is 1.02. The van der Waals surface area contributed by atoms with E-state index in [9.17, 15) is 0 Å². The van der Waals surface area contributed by atoms with Crippen LogP contribution in [0.1, 0.15) is 5.56 Å². The molecule has 0 bridgehead atoms. The molecule has 19 heavy (non-hydrogen) atoms. The molecule has 0 saturated heterocycles. The van der Waals surface area contributed by atoms with Crippen molar-refractivity contribution in [1.29, 1.82) is 5.26 Å². The first-order valence-corrected chi connectivity index (χ1v) is 7.14. The van der Waals surface area contributed by atoms with Gasteiger partial charge in [0, 0.05) is 15.7 Å². The molecule has 1 aromatic heterocycles. The van der Waals surface area contributed by atoms with Crippen LogP contribution in [0.2, 0.25) is 10.0 Å². The highest BCUT2D eigenvalue weighted by atomic mass is 35.5. The number of halogens is 2. The van der Waals surface area contributed by atoms with Gasteiger partial charge in [0.2, 0.25) is 0 Å². The molecule has 0 amide bonds. The Bertz CT molecular complexity index is 634. The van der Waals surface area contributed by atoms with Crippen molar-refractivity contribution in [2.45, 2.75) is 5.16 Å². The highest BCUT2D eigenvalue weighted by Gasteiger charge is 2.08. The van der Waals surface area contributed by atoms with Crippen molar-refractivity contribution in [1.82, 2.24) is 9.97 Å². The highest BCUT2D eigenvalue weighted by Crippen LogP contribution is 2.26. The number of hydrogen-bond donors (Lipinski definition) is 1. The van der Waals surface area contributed by atoms with Gasteiger partial charge in [0.15, 0.2) is 11.0 Å². The summed E-state index contributed by atoms with van der Waals surface area (Å²) in [4.78, 5) is 8.29. The van der Waals surface area contributed by atoms with E-state index in [2.05, 4.69) is 15.3 Å². The topological polar surface area (TPSA) is 61.6 Å². The van der Waals surface area contributed by atoms with Crippen molar-refractivity contribution < 1.29 is 0 Å². The first-order valence-electron chi connectivity index (χ1n) is 5.16. The lowest BCUT2D eigenvalue weighted by Gasteiger charge is -2.08. The van der Waals surface area contributed by atoms with Crippen LogP contribution in [0.4, 0.5) is 11.5 Å². The van der Waals surface area contributed by atoms with E-state index in [4.69, 9.17) is 28.5 Å². The third kappa shape index (κ3) is 3.51. The van der Waals surface area contributed by atoms with Crippen LogP contribution in [0.5, 0.6) is 0 Å². The van der Waals surface area contributed by atoms with Crippen LogP contribution in [0.15, 0.2) is 29.6 Å². The fourth-order valence-corrected chi connectivity index (χ4v) is 2.27. The second kappa shape index (κ2) is 6.11. The molecule has 1 N–H and O–H groups in total. The van der Waals surface area contributed by atoms with Gasteiger partial charge in [-0.25, -0.2) is 9.97 Å². The first kappa shape index (κ1) is 13.9. The smallest absolute Gasteiger partial charge is 0.189 e. The molecule has 0 radical (unpaired) electrons. The predicted molar refractivity (Wildman–Crippen MR) is 78.3 cm³/mol. The number of anilines is 2. The maximum atomic E-state index is 9.04. The molecule has 0 atom stereocenters. The zero-order chi connectivity index (χ0) is 13.8. The van der Waals surface area contributed by atoms with Crippen molar-refractivity contribution in [3.05, 3.63) is 40.0 Å². The van der Waals surface area contributed by atoms with Gasteiger partial charge in [-0.1, -0.05) is 35.0 Å². The van der Waals surface area contributed by atoms with Gasteiger partial charge in [-0.3, -0.25) is 0 Å². The fraction of sp³-hybridized carbons (Fsp3) is 0.0833. The molecule has 1 aromatic carbocycles. The van der Waals surface area contributed by atoms with Crippen molar-refractivity contribution >= 4 is 46.5 Å². The van der Waals surface area contributed by atoms with Crippen LogP contribution in [-0.4, -0.2) is 16.2 Å². The summed E-state index contributed by atoms with van der Waals surface area (Å²) < 4.78 is 0. The summed E-state index contributed by atoms with van der Waals surface area (Å²) in [6.07, 6.45) is 3.34. The summed E-state index contributed by atoms with van der Waals surface area (Å²) in [5.74, 6) is 0.431. The van der Waals surface area contributed by atoms with Crippen LogP contribution in [-0.2, 0) is 0 Å². The van der Waals surface area contributed by atoms with Crippen LogP contribution in [0, 0.1) is 11.3 Å². The van der Waals surface area contributed by atoms with E-state index in [1.165, 1.54) is 18.0 Å². The van der Waals surface area contributed by atoms with Crippen molar-refractivity contribution in [2.75, 3.05) is 11.6 Å². The Morgan fingerprint density at radius 3 is 2.53 bits per heavy atom. The Morgan fingerprint density at radius 1 is 1.26 bits per heavy atom. The van der Waals surface area contributed by atoms with E-state index in [-0.39, 0.29) is 0 Å². The van der Waals surface area contributed by atoms with E-state index in [1.807, 2.05) is 12.3 Å². The third-order valence-electron chi connectivity index (χ3n) is 2.19. The predicted octanol–water partition coefficient (Wildman–Crippen LogP) is 4.12. The van der Waals surface area contributed by atoms with E-state index in [1.54, 1.807) is 18.2 Å². The van der Waals surface area contributed by atoms with Crippen molar-refractivity contribution in [3.63, 3.8) is 0 Å². The molecular formula is C12H8Cl2N4S. The summed E-state index contributed by atoms with van der Waals surface area (Å²) in [6.45, 7) is 0. The van der Waals surface area contributed by atoms with Gasteiger partial charge in [-0.2, -0.15) is 5.26 Å². The highest BCUT2D eigenvalue weighted by molar-refractivity contribution is 7.98. The number of aromatic nitrogens is 2. The lowest BCUT2D eigenvalue weighted by Crippen LogP contribution is -1.99. The number of nitriles is 1. The van der Waals surface area contributed by atoms with Crippen LogP contribution in [0.25, 0.3) is 0 Å². The van der Waals surface area contributed by atoms with E-state index in [0.717, 1.165) is 0 Å². The van der Waals surface area contributed by atoms with Gasteiger partial charge in [-0.05, 0) is 24.5 Å². The molecule has 1 heterocycles. The number of rotatable bonds is 3. The Balaban J connectivity index is 2.39. The number of nitrogens with one attached hydrogen (secondary N) is 1. The monoisotopic (exact) mass is 310 g/mol. The number of thioether (sulfide) groups is 1. The Kier molecular flexibility index (Phi) is 4.48. The van der Waals surface area contributed by atoms with Crippen LogP contribution in [0.3, 0.4) is 0 Å². The normalized spacial score (nSPS) is 10.0. The summed E-state index contributed by atoms with van der Waals surface area (Å²) in [5, 5.41) is 13.7. The quantitative estimate of drug-likeness (QED) is 0.682. The zero-order valence-corrected chi connectivity index (χ0v) is 12.1. The molecule has 0 aliphatic carbocycles. The minimum absolute atomic E-state index is 0.355. The second-order valence-electron chi connectivity index (χ2n) is 3.51. The Morgan fingerprint density at radius 2 is 1.95 bits per heavy atom. The van der Waals surface area contributed by atoms with Crippen molar-refractivity contribution in [3.8, 4) is 6.07 Å². The van der Waals surface area contributed by atoms with Gasteiger partial charge in [0.05, 0.1) is 6.20 Å². The van der Waals surface area contributed by atoms with Gasteiger partial charge >= 0.3 is 0 Å². The molecular weight excluding hydrogens is 303 g/mol. The van der Waals surface area contributed by atoms with E-state index in [0.29, 0.717) is 32.3 Å². The first-order chi connectivity index (χ1) is 9.12.